The second kappa shape index (κ2) is 56.9. The Balaban J connectivity index is -0.00000000759. The van der Waals surface area contributed by atoms with Gasteiger partial charge in [-0.15, -0.1) is 12.3 Å². The fraction of sp³-hybridized carbons (Fsp3) is 0.500. The van der Waals surface area contributed by atoms with E-state index in [1.165, 1.54) is 0 Å². The van der Waals surface area contributed by atoms with Crippen LogP contribution >= 0.6 is 0 Å². The molecule has 0 spiro atoms. The van der Waals surface area contributed by atoms with Crippen molar-refractivity contribution in [2.75, 3.05) is 0 Å². The van der Waals surface area contributed by atoms with E-state index >= 15 is 0 Å². The van der Waals surface area contributed by atoms with E-state index in [-0.39, 0.29) is 77.0 Å². The molecule has 0 heterocycles. The van der Waals surface area contributed by atoms with Gasteiger partial charge in [0.25, 0.3) is 0 Å². The Kier molecular flexibility index (Phi) is 193. The standard InChI is InChI=1S/C3H6O3.C3H4.2Na.H2O2.3H2O.H2/c1-2(4)3(5)6;1-3-2;;;1-2;;;;/h2,4H,1H3,(H,5,6);1H,2H3;;;1-2H;3*1H2;1H/q;;2*+1;;;;;/p-2. The van der Waals surface area contributed by atoms with Crippen molar-refractivity contribution in [3.8, 4) is 12.3 Å². The summed E-state index contributed by atoms with van der Waals surface area (Å²) in [5.74, 6) is 0.815. The minimum absolute atomic E-state index is 0. The third-order valence-corrected chi connectivity index (χ3v) is 0.341. The third-order valence-electron chi connectivity index (χ3n) is 0.341. The maximum Gasteiger partial charge on any atom is 1.00 e. The summed E-state index contributed by atoms with van der Waals surface area (Å²) in [5.41, 5.74) is 0. The molecule has 0 saturated heterocycles. The Morgan fingerprint density at radius 3 is 1.44 bits per heavy atom. The molecular formula is C6H18Na2O8. The maximum absolute atomic E-state index is 9.34. The van der Waals surface area contributed by atoms with Crippen LogP contribution in [0.15, 0.2) is 0 Å². The summed E-state index contributed by atoms with van der Waals surface area (Å²) in [4.78, 5) is 9.34. The molecule has 1 atom stereocenters. The number of rotatable bonds is 1. The molecule has 0 saturated carbocycles. The number of carboxylic acid groups (broad SMARTS) is 1. The number of terminal acetylenes is 1. The molecule has 1 unspecified atom stereocenters. The summed E-state index contributed by atoms with van der Waals surface area (Å²) in [6.45, 7) is 2.79. The third kappa shape index (κ3) is 123. The molecule has 10 heteroatoms. The van der Waals surface area contributed by atoms with Crippen LogP contribution in [-0.4, -0.2) is 44.1 Å². The Labute approximate surface area is 140 Å². The van der Waals surface area contributed by atoms with E-state index in [4.69, 9.17) is 15.6 Å². The van der Waals surface area contributed by atoms with Crippen LogP contribution in [-0.2, 0) is 4.79 Å². The molecular weight excluding hydrogens is 246 g/mol. The first-order valence-electron chi connectivity index (χ1n) is 2.52. The number of carbonyl (C=O) groups is 1. The zero-order valence-electron chi connectivity index (χ0n) is 9.76. The molecule has 92 valence electrons. The smallest absolute Gasteiger partial charge is 0.870 e. The molecule has 0 aliphatic heterocycles. The second-order valence-electron chi connectivity index (χ2n) is 1.28. The van der Waals surface area contributed by atoms with Gasteiger partial charge in [-0.1, -0.05) is 0 Å². The van der Waals surface area contributed by atoms with Crippen molar-refractivity contribution in [2.24, 2.45) is 0 Å². The van der Waals surface area contributed by atoms with Gasteiger partial charge in [0.05, 0.1) is 12.1 Å². The van der Waals surface area contributed by atoms with Crippen molar-refractivity contribution in [3.05, 3.63) is 0 Å². The fourth-order valence-electron chi connectivity index (χ4n) is 0. The quantitative estimate of drug-likeness (QED) is 0.182. The predicted molar refractivity (Wildman–Crippen MR) is 47.7 cm³/mol. The predicted octanol–water partition coefficient (Wildman–Crippen LogP) is -8.80. The number of hydrogen-bond donors (Lipinski definition) is 3. The first-order valence-corrected chi connectivity index (χ1v) is 2.52. The van der Waals surface area contributed by atoms with Gasteiger partial charge >= 0.3 is 59.1 Å². The number of aliphatic hydroxyl groups excluding tert-OH is 1. The van der Waals surface area contributed by atoms with E-state index in [2.05, 4.69) is 12.3 Å². The maximum atomic E-state index is 9.34. The van der Waals surface area contributed by atoms with Crippen molar-refractivity contribution >= 4 is 5.97 Å². The van der Waals surface area contributed by atoms with Crippen LogP contribution in [0.5, 0.6) is 0 Å². The van der Waals surface area contributed by atoms with E-state index in [0.29, 0.717) is 0 Å². The molecule has 16 heavy (non-hydrogen) atoms. The molecule has 0 radical (unpaired) electrons. The van der Waals surface area contributed by atoms with Crippen molar-refractivity contribution < 1.29 is 102 Å². The van der Waals surface area contributed by atoms with Crippen molar-refractivity contribution in [1.29, 1.82) is 0 Å². The normalized spacial score (nSPS) is 6.00. The number of carbonyl (C=O) groups excluding carboxylic acids is 1. The first-order chi connectivity index (χ1) is 5.06. The zero-order valence-corrected chi connectivity index (χ0v) is 13.8. The zero-order chi connectivity index (χ0) is 9.86. The Morgan fingerprint density at radius 2 is 1.44 bits per heavy atom. The summed E-state index contributed by atoms with van der Waals surface area (Å²) in [5, 5.41) is 29.3. The molecule has 0 rings (SSSR count). The van der Waals surface area contributed by atoms with Gasteiger partial charge in [-0.25, -0.2) is 0 Å². The van der Waals surface area contributed by atoms with Gasteiger partial charge in [0.2, 0.25) is 0 Å². The van der Waals surface area contributed by atoms with Crippen molar-refractivity contribution in [1.82, 2.24) is 0 Å². The molecule has 8 N–H and O–H groups in total. The summed E-state index contributed by atoms with van der Waals surface area (Å²) in [6, 6.07) is 0. The monoisotopic (exact) mass is 264 g/mol. The van der Waals surface area contributed by atoms with Gasteiger partial charge in [-0.2, -0.15) is 0 Å². The van der Waals surface area contributed by atoms with E-state index < -0.39 is 12.1 Å². The van der Waals surface area contributed by atoms with Crippen LogP contribution < -0.4 is 64.2 Å². The van der Waals surface area contributed by atoms with E-state index in [0.717, 1.165) is 6.92 Å². The van der Waals surface area contributed by atoms with Gasteiger partial charge in [0, 0.05) is 1.43 Å². The van der Waals surface area contributed by atoms with Crippen LogP contribution in [0.2, 0.25) is 0 Å². The SMILES string of the molecule is C#CC.CC(O)C(=O)[O-].O.O.OO.[HH].[Na+].[Na+].[OH-]. The van der Waals surface area contributed by atoms with Crippen LogP contribution in [0, 0.1) is 12.3 Å². The van der Waals surface area contributed by atoms with E-state index in [1.54, 1.807) is 6.92 Å². The van der Waals surface area contributed by atoms with Crippen LogP contribution in [0.4, 0.5) is 0 Å². The molecule has 0 aromatic rings. The number of aliphatic carboxylic acids is 1. The van der Waals surface area contributed by atoms with Crippen molar-refractivity contribution in [3.63, 3.8) is 0 Å². The fourth-order valence-corrected chi connectivity index (χ4v) is 0. The minimum atomic E-state index is -1.44. The number of aliphatic hydroxyl groups is 1. The van der Waals surface area contributed by atoms with Gasteiger partial charge < -0.3 is 31.4 Å². The summed E-state index contributed by atoms with van der Waals surface area (Å²) < 4.78 is 0. The van der Waals surface area contributed by atoms with E-state index in [9.17, 15) is 9.90 Å². The molecule has 8 nitrogen and oxygen atoms in total. The summed E-state index contributed by atoms with van der Waals surface area (Å²) in [7, 11) is 0. The largest absolute Gasteiger partial charge is 1.00 e. The molecule has 0 bridgehead atoms. The van der Waals surface area contributed by atoms with Crippen LogP contribution in [0.1, 0.15) is 15.3 Å². The van der Waals surface area contributed by atoms with Gasteiger partial charge in [0.15, 0.2) is 0 Å². The molecule has 0 aromatic carbocycles. The van der Waals surface area contributed by atoms with Crippen LogP contribution in [0.3, 0.4) is 0 Å². The van der Waals surface area contributed by atoms with E-state index in [1.807, 2.05) is 0 Å². The molecule has 0 aromatic heterocycles. The molecule has 0 fully saturated rings. The average molecular weight is 264 g/mol. The van der Waals surface area contributed by atoms with Gasteiger partial charge in [-0.3, -0.25) is 10.5 Å². The Hall–Kier alpha value is 0.790. The molecule has 0 amide bonds. The topological polar surface area (TPSA) is 194 Å². The number of carboxylic acids is 1. The Morgan fingerprint density at radius 1 is 1.38 bits per heavy atom. The number of hydrogen-bond acceptors (Lipinski definition) is 6. The van der Waals surface area contributed by atoms with Crippen LogP contribution in [0.25, 0.3) is 0 Å². The van der Waals surface area contributed by atoms with Gasteiger partial charge in [-0.05, 0) is 13.8 Å². The van der Waals surface area contributed by atoms with Gasteiger partial charge in [0.1, 0.15) is 0 Å². The molecule has 0 aliphatic carbocycles. The first kappa shape index (κ1) is 54.2. The van der Waals surface area contributed by atoms with Crippen molar-refractivity contribution in [2.45, 2.75) is 20.0 Å². The molecule has 0 aliphatic rings. The summed E-state index contributed by atoms with van der Waals surface area (Å²) in [6.07, 6.45) is 3.25. The average Bonchev–Trinajstić information content (AvgIpc) is 1.93. The summed E-state index contributed by atoms with van der Waals surface area (Å²) >= 11 is 0. The minimum Gasteiger partial charge on any atom is -0.870 e. The second-order valence-corrected chi connectivity index (χ2v) is 1.28. The Bertz CT molecular complexity index is 130.